The normalized spacial score (nSPS) is 14.4. The van der Waals surface area contributed by atoms with E-state index in [9.17, 15) is 23.1 Å². The predicted octanol–water partition coefficient (Wildman–Crippen LogP) is 2.81. The van der Waals surface area contributed by atoms with Crippen LogP contribution in [0.1, 0.15) is 42.5 Å². The molecule has 0 aliphatic heterocycles. The molecule has 0 heterocycles. The van der Waals surface area contributed by atoms with E-state index in [2.05, 4.69) is 10.0 Å². The maximum absolute atomic E-state index is 12.7. The van der Waals surface area contributed by atoms with Gasteiger partial charge in [-0.15, -0.1) is 0 Å². The van der Waals surface area contributed by atoms with Gasteiger partial charge in [0.15, 0.2) is 6.61 Å². The van der Waals surface area contributed by atoms with Crippen LogP contribution in [-0.2, 0) is 19.6 Å². The molecule has 32 heavy (non-hydrogen) atoms. The number of ether oxygens (including phenoxy) is 2. The molecule has 172 valence electrons. The van der Waals surface area contributed by atoms with Crippen molar-refractivity contribution < 1.29 is 32.6 Å². The minimum atomic E-state index is -4.05. The van der Waals surface area contributed by atoms with E-state index < -0.39 is 34.3 Å². The number of carbonyl (C=O) groups is 2. The Morgan fingerprint density at radius 2 is 1.75 bits per heavy atom. The van der Waals surface area contributed by atoms with Crippen molar-refractivity contribution in [3.63, 3.8) is 0 Å². The molecule has 3 N–H and O–H groups in total. The first-order chi connectivity index (χ1) is 15.3. The number of aromatic hydroxyl groups is 1. The lowest BCUT2D eigenvalue weighted by Gasteiger charge is -2.22. The zero-order valence-corrected chi connectivity index (χ0v) is 18.5. The molecule has 9 nitrogen and oxygen atoms in total. The molecule has 2 aromatic carbocycles. The van der Waals surface area contributed by atoms with Crippen LogP contribution in [0.25, 0.3) is 0 Å². The van der Waals surface area contributed by atoms with Gasteiger partial charge in [-0.2, -0.15) is 0 Å². The first kappa shape index (κ1) is 23.4. The van der Waals surface area contributed by atoms with Crippen LogP contribution in [0, 0.1) is 0 Å². The zero-order valence-electron chi connectivity index (χ0n) is 17.7. The molecule has 1 aliphatic carbocycles. The minimum absolute atomic E-state index is 0.0702. The number of methoxy groups -OCH3 is 1. The molecule has 1 saturated carbocycles. The summed E-state index contributed by atoms with van der Waals surface area (Å²) < 4.78 is 37.8. The van der Waals surface area contributed by atoms with Crippen LogP contribution in [0.4, 0.5) is 5.69 Å². The summed E-state index contributed by atoms with van der Waals surface area (Å²) in [6.45, 7) is -0.518. The highest BCUT2D eigenvalue weighted by Crippen LogP contribution is 2.25. The fourth-order valence-corrected chi connectivity index (χ4v) is 4.53. The highest BCUT2D eigenvalue weighted by Gasteiger charge is 2.22. The van der Waals surface area contributed by atoms with E-state index >= 15 is 0 Å². The van der Waals surface area contributed by atoms with E-state index in [1.54, 1.807) is 12.1 Å². The van der Waals surface area contributed by atoms with Crippen LogP contribution < -0.4 is 14.8 Å². The summed E-state index contributed by atoms with van der Waals surface area (Å²) in [5.41, 5.74) is -0.0598. The molecule has 0 saturated heterocycles. The molecule has 1 aliphatic rings. The third kappa shape index (κ3) is 6.13. The fourth-order valence-electron chi connectivity index (χ4n) is 3.44. The second-order valence-corrected chi connectivity index (χ2v) is 9.17. The standard InChI is InChI=1S/C22H26N2O7S/c1-30-17-9-7-16(8-10-17)24-32(28,29)18-11-12-20(25)19(13-18)22(27)31-14-21(26)23-15-5-3-2-4-6-15/h7-13,15,24-25H,2-6,14H2,1H3,(H,23,26). The molecule has 0 spiro atoms. The number of benzene rings is 2. The number of carbonyl (C=O) groups excluding carboxylic acids is 2. The van der Waals surface area contributed by atoms with Crippen molar-refractivity contribution >= 4 is 27.6 Å². The van der Waals surface area contributed by atoms with Gasteiger partial charge in [-0.1, -0.05) is 19.3 Å². The number of anilines is 1. The Balaban J connectivity index is 1.65. The lowest BCUT2D eigenvalue weighted by Crippen LogP contribution is -2.38. The van der Waals surface area contributed by atoms with Crippen LogP contribution >= 0.6 is 0 Å². The van der Waals surface area contributed by atoms with Crippen molar-refractivity contribution in [2.75, 3.05) is 18.4 Å². The molecular formula is C22H26N2O7S. The van der Waals surface area contributed by atoms with E-state index in [0.717, 1.165) is 50.3 Å². The smallest absolute Gasteiger partial charge is 0.342 e. The minimum Gasteiger partial charge on any atom is -0.507 e. The Labute approximate surface area is 186 Å². The number of hydrogen-bond donors (Lipinski definition) is 3. The molecule has 0 atom stereocenters. The van der Waals surface area contributed by atoms with Gasteiger partial charge in [-0.25, -0.2) is 13.2 Å². The van der Waals surface area contributed by atoms with Gasteiger partial charge < -0.3 is 19.9 Å². The molecule has 1 fully saturated rings. The zero-order chi connectivity index (χ0) is 23.1. The van der Waals surface area contributed by atoms with Crippen LogP contribution in [0.5, 0.6) is 11.5 Å². The maximum Gasteiger partial charge on any atom is 0.342 e. The van der Waals surface area contributed by atoms with Gasteiger partial charge in [0.1, 0.15) is 17.1 Å². The Morgan fingerprint density at radius 1 is 1.06 bits per heavy atom. The second-order valence-electron chi connectivity index (χ2n) is 7.49. The van der Waals surface area contributed by atoms with Crippen molar-refractivity contribution in [2.24, 2.45) is 0 Å². The summed E-state index contributed by atoms with van der Waals surface area (Å²) in [4.78, 5) is 24.2. The van der Waals surface area contributed by atoms with Gasteiger partial charge in [0, 0.05) is 11.7 Å². The monoisotopic (exact) mass is 462 g/mol. The third-order valence-electron chi connectivity index (χ3n) is 5.15. The second kappa shape index (κ2) is 10.4. The summed E-state index contributed by atoms with van der Waals surface area (Å²) >= 11 is 0. The number of nitrogens with one attached hydrogen (secondary N) is 2. The van der Waals surface area contributed by atoms with E-state index in [4.69, 9.17) is 9.47 Å². The first-order valence-electron chi connectivity index (χ1n) is 10.2. The van der Waals surface area contributed by atoms with E-state index in [1.165, 1.54) is 19.2 Å². The first-order valence-corrected chi connectivity index (χ1v) is 11.7. The quantitative estimate of drug-likeness (QED) is 0.514. The van der Waals surface area contributed by atoms with Crippen molar-refractivity contribution in [3.8, 4) is 11.5 Å². The lowest BCUT2D eigenvalue weighted by molar-refractivity contribution is -0.125. The average Bonchev–Trinajstić information content (AvgIpc) is 2.78. The third-order valence-corrected chi connectivity index (χ3v) is 6.52. The molecule has 1 amide bonds. The number of esters is 1. The van der Waals surface area contributed by atoms with E-state index in [0.29, 0.717) is 11.4 Å². The largest absolute Gasteiger partial charge is 0.507 e. The topological polar surface area (TPSA) is 131 Å². The number of hydrogen-bond acceptors (Lipinski definition) is 7. The SMILES string of the molecule is COc1ccc(NS(=O)(=O)c2ccc(O)c(C(=O)OCC(=O)NC3CCCCC3)c2)cc1. The van der Waals surface area contributed by atoms with Crippen molar-refractivity contribution in [1.29, 1.82) is 0 Å². The van der Waals surface area contributed by atoms with Gasteiger partial charge in [0.25, 0.3) is 15.9 Å². The van der Waals surface area contributed by atoms with Gasteiger partial charge in [0.2, 0.25) is 0 Å². The molecule has 0 unspecified atom stereocenters. The van der Waals surface area contributed by atoms with Crippen LogP contribution in [0.3, 0.4) is 0 Å². The number of phenols is 1. The highest BCUT2D eigenvalue weighted by atomic mass is 32.2. The Hall–Kier alpha value is -3.27. The summed E-state index contributed by atoms with van der Waals surface area (Å²) in [6, 6.07) is 9.55. The number of rotatable bonds is 8. The van der Waals surface area contributed by atoms with Gasteiger partial charge in [-0.3, -0.25) is 9.52 Å². The lowest BCUT2D eigenvalue weighted by atomic mass is 9.95. The molecule has 10 heteroatoms. The predicted molar refractivity (Wildman–Crippen MR) is 117 cm³/mol. The van der Waals surface area contributed by atoms with Gasteiger partial charge in [-0.05, 0) is 55.3 Å². The van der Waals surface area contributed by atoms with Gasteiger partial charge in [0.05, 0.1) is 12.0 Å². The van der Waals surface area contributed by atoms with E-state index in [1.807, 2.05) is 0 Å². The van der Waals surface area contributed by atoms with Crippen LogP contribution in [0.15, 0.2) is 47.4 Å². The van der Waals surface area contributed by atoms with Gasteiger partial charge >= 0.3 is 5.97 Å². The summed E-state index contributed by atoms with van der Waals surface area (Å²) in [6.07, 6.45) is 5.02. The van der Waals surface area contributed by atoms with Crippen LogP contribution in [0.2, 0.25) is 0 Å². The van der Waals surface area contributed by atoms with Crippen molar-refractivity contribution in [3.05, 3.63) is 48.0 Å². The Bertz CT molecular complexity index is 1060. The van der Waals surface area contributed by atoms with Crippen molar-refractivity contribution in [1.82, 2.24) is 5.32 Å². The van der Waals surface area contributed by atoms with Crippen LogP contribution in [-0.4, -0.2) is 45.2 Å². The fraction of sp³-hybridized carbons (Fsp3) is 0.364. The number of amides is 1. The maximum atomic E-state index is 12.7. The Morgan fingerprint density at radius 3 is 2.41 bits per heavy atom. The highest BCUT2D eigenvalue weighted by molar-refractivity contribution is 7.92. The molecule has 3 rings (SSSR count). The van der Waals surface area contributed by atoms with E-state index in [-0.39, 0.29) is 16.5 Å². The molecule has 0 radical (unpaired) electrons. The molecule has 0 bridgehead atoms. The molecule has 0 aromatic heterocycles. The average molecular weight is 463 g/mol. The Kier molecular flexibility index (Phi) is 7.57. The summed E-state index contributed by atoms with van der Waals surface area (Å²) in [7, 11) is -2.55. The summed E-state index contributed by atoms with van der Waals surface area (Å²) in [5.74, 6) is -1.32. The summed E-state index contributed by atoms with van der Waals surface area (Å²) in [5, 5.41) is 12.8. The molecular weight excluding hydrogens is 436 g/mol. The molecule has 2 aromatic rings. The number of sulfonamides is 1. The van der Waals surface area contributed by atoms with Crippen molar-refractivity contribution in [2.45, 2.75) is 43.0 Å². The number of phenolic OH excluding ortho intramolecular Hbond substituents is 1.